The summed E-state index contributed by atoms with van der Waals surface area (Å²) in [4.78, 5) is 18.2. The van der Waals surface area contributed by atoms with Gasteiger partial charge in [0.05, 0.1) is 0 Å². The number of likely N-dealkylation sites (tertiary alicyclic amines) is 1. The van der Waals surface area contributed by atoms with Crippen LogP contribution in [0.1, 0.15) is 44.3 Å². The number of aliphatic hydroxyl groups is 1. The molecule has 1 aromatic heterocycles. The van der Waals surface area contributed by atoms with Crippen LogP contribution in [0, 0.1) is 5.92 Å². The molecule has 20 heavy (non-hydrogen) atoms. The lowest BCUT2D eigenvalue weighted by atomic mass is 10.1. The molecule has 1 aliphatic rings. The van der Waals surface area contributed by atoms with Crippen molar-refractivity contribution >= 4 is 5.91 Å². The maximum atomic E-state index is 12.1. The zero-order valence-corrected chi connectivity index (χ0v) is 12.0. The van der Waals surface area contributed by atoms with Gasteiger partial charge in [0, 0.05) is 39.0 Å². The molecule has 6 nitrogen and oxygen atoms in total. The van der Waals surface area contributed by atoms with Crippen molar-refractivity contribution in [1.29, 1.82) is 0 Å². The first-order valence-corrected chi connectivity index (χ1v) is 7.43. The number of hydrogen-bond donors (Lipinski definition) is 1. The number of rotatable bonds is 7. The van der Waals surface area contributed by atoms with Gasteiger partial charge in [-0.3, -0.25) is 4.79 Å². The highest BCUT2D eigenvalue weighted by molar-refractivity contribution is 5.76. The van der Waals surface area contributed by atoms with Gasteiger partial charge in [0.25, 0.3) is 0 Å². The fourth-order valence-electron chi connectivity index (χ4n) is 2.57. The van der Waals surface area contributed by atoms with E-state index >= 15 is 0 Å². The summed E-state index contributed by atoms with van der Waals surface area (Å²) in [7, 11) is 0. The predicted molar refractivity (Wildman–Crippen MR) is 73.0 cm³/mol. The second-order valence-electron chi connectivity index (χ2n) is 5.36. The van der Waals surface area contributed by atoms with Gasteiger partial charge >= 0.3 is 0 Å². The van der Waals surface area contributed by atoms with Gasteiger partial charge < -0.3 is 14.5 Å². The van der Waals surface area contributed by atoms with Crippen molar-refractivity contribution in [2.45, 2.75) is 45.4 Å². The van der Waals surface area contributed by atoms with Crippen LogP contribution in [0.3, 0.4) is 0 Å². The van der Waals surface area contributed by atoms with E-state index < -0.39 is 0 Å². The highest BCUT2D eigenvalue weighted by Gasteiger charge is 2.25. The van der Waals surface area contributed by atoms with Crippen LogP contribution < -0.4 is 0 Å². The molecule has 1 fully saturated rings. The van der Waals surface area contributed by atoms with E-state index in [1.165, 1.54) is 0 Å². The van der Waals surface area contributed by atoms with Crippen molar-refractivity contribution in [2.24, 2.45) is 5.92 Å². The van der Waals surface area contributed by atoms with Crippen LogP contribution in [0.15, 0.2) is 4.52 Å². The smallest absolute Gasteiger partial charge is 0.227 e. The molecule has 112 valence electrons. The van der Waals surface area contributed by atoms with Crippen molar-refractivity contribution in [3.05, 3.63) is 11.7 Å². The molecule has 0 aliphatic carbocycles. The van der Waals surface area contributed by atoms with E-state index in [4.69, 9.17) is 9.63 Å². The van der Waals surface area contributed by atoms with Crippen molar-refractivity contribution in [2.75, 3.05) is 19.7 Å². The Hall–Kier alpha value is -1.43. The fourth-order valence-corrected chi connectivity index (χ4v) is 2.57. The molecule has 1 N–H and O–H groups in total. The van der Waals surface area contributed by atoms with Gasteiger partial charge in [-0.1, -0.05) is 12.1 Å². The van der Waals surface area contributed by atoms with Crippen LogP contribution in [0.25, 0.3) is 0 Å². The SMILES string of the molecule is CCCc1noc(CCC(=O)N2CCC(CCO)C2)n1. The zero-order valence-electron chi connectivity index (χ0n) is 12.0. The number of amides is 1. The molecule has 2 rings (SSSR count). The van der Waals surface area contributed by atoms with E-state index in [0.29, 0.717) is 24.7 Å². The maximum Gasteiger partial charge on any atom is 0.227 e. The number of aryl methyl sites for hydroxylation is 2. The third-order valence-corrected chi connectivity index (χ3v) is 3.71. The monoisotopic (exact) mass is 281 g/mol. The van der Waals surface area contributed by atoms with Crippen LogP contribution in [0.2, 0.25) is 0 Å². The van der Waals surface area contributed by atoms with Gasteiger partial charge in [0.15, 0.2) is 5.82 Å². The first-order valence-electron chi connectivity index (χ1n) is 7.43. The lowest BCUT2D eigenvalue weighted by molar-refractivity contribution is -0.130. The van der Waals surface area contributed by atoms with Crippen LogP contribution in [0.4, 0.5) is 0 Å². The predicted octanol–water partition coefficient (Wildman–Crippen LogP) is 1.19. The van der Waals surface area contributed by atoms with Crippen LogP contribution in [0.5, 0.6) is 0 Å². The molecule has 0 radical (unpaired) electrons. The lowest BCUT2D eigenvalue weighted by Gasteiger charge is -2.15. The number of carbonyl (C=O) groups excluding carboxylic acids is 1. The third kappa shape index (κ3) is 4.03. The van der Waals surface area contributed by atoms with E-state index in [1.54, 1.807) is 0 Å². The number of hydrogen-bond acceptors (Lipinski definition) is 5. The fraction of sp³-hybridized carbons (Fsp3) is 0.786. The summed E-state index contributed by atoms with van der Waals surface area (Å²) < 4.78 is 5.13. The first kappa shape index (κ1) is 15.0. The van der Waals surface area contributed by atoms with Crippen molar-refractivity contribution in [3.63, 3.8) is 0 Å². The molecule has 6 heteroatoms. The molecule has 0 saturated carbocycles. The molecule has 2 heterocycles. The summed E-state index contributed by atoms with van der Waals surface area (Å²) in [6.07, 6.45) is 4.50. The second kappa shape index (κ2) is 7.38. The Morgan fingerprint density at radius 2 is 2.35 bits per heavy atom. The Morgan fingerprint density at radius 3 is 3.10 bits per heavy atom. The quantitative estimate of drug-likeness (QED) is 0.812. The molecule has 0 aromatic carbocycles. The Labute approximate surface area is 119 Å². The number of carbonyl (C=O) groups is 1. The molecular formula is C14H23N3O3. The summed E-state index contributed by atoms with van der Waals surface area (Å²) >= 11 is 0. The Balaban J connectivity index is 1.74. The van der Waals surface area contributed by atoms with Gasteiger partial charge in [-0.15, -0.1) is 0 Å². The highest BCUT2D eigenvalue weighted by Crippen LogP contribution is 2.20. The maximum absolute atomic E-state index is 12.1. The molecular weight excluding hydrogens is 258 g/mol. The first-order chi connectivity index (χ1) is 9.72. The minimum Gasteiger partial charge on any atom is -0.396 e. The van der Waals surface area contributed by atoms with Gasteiger partial charge in [0.1, 0.15) is 0 Å². The summed E-state index contributed by atoms with van der Waals surface area (Å²) in [6, 6.07) is 0. The summed E-state index contributed by atoms with van der Waals surface area (Å²) in [5.41, 5.74) is 0. The van der Waals surface area contributed by atoms with Crippen LogP contribution >= 0.6 is 0 Å². The summed E-state index contributed by atoms with van der Waals surface area (Å²) in [5.74, 6) is 1.86. The zero-order chi connectivity index (χ0) is 14.4. The minimum absolute atomic E-state index is 0.140. The van der Waals surface area contributed by atoms with Crippen LogP contribution in [-0.2, 0) is 17.6 Å². The standard InChI is InChI=1S/C14H23N3O3/c1-2-3-12-15-13(20-16-12)4-5-14(19)17-8-6-11(10-17)7-9-18/h11,18H,2-10H2,1H3. The van der Waals surface area contributed by atoms with E-state index in [9.17, 15) is 4.79 Å². The Kier molecular flexibility index (Phi) is 5.52. The molecule has 1 atom stereocenters. The molecule has 1 unspecified atom stereocenters. The summed E-state index contributed by atoms with van der Waals surface area (Å²) in [6.45, 7) is 3.84. The van der Waals surface area contributed by atoms with Gasteiger partial charge in [0.2, 0.25) is 11.8 Å². The highest BCUT2D eigenvalue weighted by atomic mass is 16.5. The van der Waals surface area contributed by atoms with E-state index in [1.807, 2.05) is 4.90 Å². The van der Waals surface area contributed by atoms with E-state index in [-0.39, 0.29) is 12.5 Å². The van der Waals surface area contributed by atoms with Gasteiger partial charge in [-0.05, 0) is 25.2 Å². The normalized spacial score (nSPS) is 18.7. The minimum atomic E-state index is 0.140. The lowest BCUT2D eigenvalue weighted by Crippen LogP contribution is -2.29. The van der Waals surface area contributed by atoms with Crippen molar-refractivity contribution in [1.82, 2.24) is 15.0 Å². The Morgan fingerprint density at radius 1 is 1.50 bits per heavy atom. The summed E-state index contributed by atoms with van der Waals surface area (Å²) in [5, 5.41) is 12.8. The van der Waals surface area contributed by atoms with E-state index in [2.05, 4.69) is 17.1 Å². The molecule has 1 aromatic rings. The average Bonchev–Trinajstić information content (AvgIpc) is 3.06. The molecule has 1 aliphatic heterocycles. The largest absolute Gasteiger partial charge is 0.396 e. The molecule has 0 bridgehead atoms. The van der Waals surface area contributed by atoms with Crippen molar-refractivity contribution < 1.29 is 14.4 Å². The molecule has 0 spiro atoms. The molecule has 1 amide bonds. The van der Waals surface area contributed by atoms with Crippen LogP contribution in [-0.4, -0.2) is 45.8 Å². The number of aliphatic hydroxyl groups excluding tert-OH is 1. The third-order valence-electron chi connectivity index (χ3n) is 3.71. The molecule has 1 saturated heterocycles. The number of aromatic nitrogens is 2. The van der Waals surface area contributed by atoms with E-state index in [0.717, 1.165) is 44.6 Å². The number of nitrogens with zero attached hydrogens (tertiary/aromatic N) is 3. The second-order valence-corrected chi connectivity index (χ2v) is 5.36. The Bertz CT molecular complexity index is 433. The average molecular weight is 281 g/mol. The van der Waals surface area contributed by atoms with Gasteiger partial charge in [-0.2, -0.15) is 4.98 Å². The topological polar surface area (TPSA) is 79.5 Å². The van der Waals surface area contributed by atoms with Gasteiger partial charge in [-0.25, -0.2) is 0 Å². The van der Waals surface area contributed by atoms with Crippen molar-refractivity contribution in [3.8, 4) is 0 Å².